The molecule has 0 aliphatic rings. The quantitative estimate of drug-likeness (QED) is 0.219. The minimum atomic E-state index is -1.61. The van der Waals surface area contributed by atoms with Crippen LogP contribution in [0.5, 0.6) is 11.5 Å². The maximum absolute atomic E-state index is 13.7. The van der Waals surface area contributed by atoms with Crippen molar-refractivity contribution in [3.63, 3.8) is 0 Å². The van der Waals surface area contributed by atoms with Gasteiger partial charge >= 0.3 is 5.97 Å². The van der Waals surface area contributed by atoms with Crippen LogP contribution in [0.3, 0.4) is 0 Å². The van der Waals surface area contributed by atoms with Crippen molar-refractivity contribution in [2.45, 2.75) is 65.5 Å². The number of carbonyl (C=O) groups excluding carboxylic acids is 1. The van der Waals surface area contributed by atoms with Gasteiger partial charge in [-0.25, -0.2) is 9.18 Å². The monoisotopic (exact) mass is 400 g/mol. The molecule has 4 heteroatoms. The predicted molar refractivity (Wildman–Crippen MR) is 116 cm³/mol. The second-order valence-electron chi connectivity index (χ2n) is 7.73. The summed E-state index contributed by atoms with van der Waals surface area (Å²) in [5.41, 5.74) is 2.04. The topological polar surface area (TPSA) is 35.5 Å². The van der Waals surface area contributed by atoms with Gasteiger partial charge in [0.15, 0.2) is 6.17 Å². The highest BCUT2D eigenvalue weighted by Crippen LogP contribution is 2.25. The van der Waals surface area contributed by atoms with Gasteiger partial charge in [0.05, 0.1) is 6.61 Å². The molecule has 2 aromatic rings. The summed E-state index contributed by atoms with van der Waals surface area (Å²) in [6.45, 7) is 6.27. The standard InChI is InChI=1S/C25H33FO3/c1-4-5-6-7-8-9-18-28-22-14-10-20(11-15-22)21-12-16-23(17-13-21)29-25(27)24(26)19(2)3/h10-17,19,24H,4-9,18H2,1-3H3. The molecule has 2 aromatic carbocycles. The first-order valence-electron chi connectivity index (χ1n) is 10.7. The van der Waals surface area contributed by atoms with Crippen molar-refractivity contribution in [1.29, 1.82) is 0 Å². The lowest BCUT2D eigenvalue weighted by Crippen LogP contribution is -2.26. The molecule has 0 radical (unpaired) electrons. The number of halogens is 1. The second-order valence-corrected chi connectivity index (χ2v) is 7.73. The number of unbranched alkanes of at least 4 members (excludes halogenated alkanes) is 5. The van der Waals surface area contributed by atoms with Crippen molar-refractivity contribution in [2.24, 2.45) is 5.92 Å². The van der Waals surface area contributed by atoms with Crippen molar-refractivity contribution in [2.75, 3.05) is 6.61 Å². The third-order valence-electron chi connectivity index (χ3n) is 4.84. The van der Waals surface area contributed by atoms with Crippen molar-refractivity contribution in [3.8, 4) is 22.6 Å². The fourth-order valence-corrected chi connectivity index (χ4v) is 2.98. The smallest absolute Gasteiger partial charge is 0.346 e. The number of carbonyl (C=O) groups is 1. The van der Waals surface area contributed by atoms with Crippen LogP contribution in [0.15, 0.2) is 48.5 Å². The lowest BCUT2D eigenvalue weighted by molar-refractivity contribution is -0.141. The van der Waals surface area contributed by atoms with E-state index in [4.69, 9.17) is 9.47 Å². The normalized spacial score (nSPS) is 12.0. The SMILES string of the molecule is CCCCCCCCOc1ccc(-c2ccc(OC(=O)C(F)C(C)C)cc2)cc1. The Bertz CT molecular complexity index is 723. The van der Waals surface area contributed by atoms with Crippen LogP contribution >= 0.6 is 0 Å². The highest BCUT2D eigenvalue weighted by molar-refractivity contribution is 5.77. The van der Waals surface area contributed by atoms with Crippen LogP contribution < -0.4 is 9.47 Å². The van der Waals surface area contributed by atoms with Gasteiger partial charge in [0.25, 0.3) is 0 Å². The summed E-state index contributed by atoms with van der Waals surface area (Å²) >= 11 is 0. The fraction of sp³-hybridized carbons (Fsp3) is 0.480. The molecule has 0 fully saturated rings. The molecule has 3 nitrogen and oxygen atoms in total. The number of rotatable bonds is 12. The molecule has 0 bridgehead atoms. The number of ether oxygens (including phenoxy) is 2. The molecule has 0 aromatic heterocycles. The second kappa shape index (κ2) is 12.3. The Morgan fingerprint density at radius 3 is 1.90 bits per heavy atom. The molecule has 0 heterocycles. The van der Waals surface area contributed by atoms with E-state index in [9.17, 15) is 9.18 Å². The van der Waals surface area contributed by atoms with E-state index in [-0.39, 0.29) is 0 Å². The molecule has 0 aliphatic heterocycles. The summed E-state index contributed by atoms with van der Waals surface area (Å²) in [4.78, 5) is 11.7. The van der Waals surface area contributed by atoms with E-state index < -0.39 is 18.1 Å². The minimum absolute atomic E-state index is 0.348. The van der Waals surface area contributed by atoms with Crippen molar-refractivity contribution >= 4 is 5.97 Å². The molecule has 1 unspecified atom stereocenters. The van der Waals surface area contributed by atoms with E-state index in [0.29, 0.717) is 5.75 Å². The van der Waals surface area contributed by atoms with Crippen molar-refractivity contribution in [3.05, 3.63) is 48.5 Å². The number of hydrogen-bond acceptors (Lipinski definition) is 3. The van der Waals surface area contributed by atoms with E-state index in [1.807, 2.05) is 36.4 Å². The Morgan fingerprint density at radius 2 is 1.34 bits per heavy atom. The van der Waals surface area contributed by atoms with E-state index in [0.717, 1.165) is 29.9 Å². The summed E-state index contributed by atoms with van der Waals surface area (Å²) in [6, 6.07) is 15.0. The van der Waals surface area contributed by atoms with Crippen LogP contribution in [0.2, 0.25) is 0 Å². The van der Waals surface area contributed by atoms with E-state index >= 15 is 0 Å². The first-order chi connectivity index (χ1) is 14.0. The van der Waals surface area contributed by atoms with Crippen LogP contribution in [0, 0.1) is 5.92 Å². The fourth-order valence-electron chi connectivity index (χ4n) is 2.98. The number of alkyl halides is 1. The zero-order valence-corrected chi connectivity index (χ0v) is 17.8. The van der Waals surface area contributed by atoms with Gasteiger partial charge in [-0.1, -0.05) is 77.1 Å². The van der Waals surface area contributed by atoms with Gasteiger partial charge in [-0.2, -0.15) is 0 Å². The van der Waals surface area contributed by atoms with Gasteiger partial charge in [0.1, 0.15) is 11.5 Å². The first-order valence-corrected chi connectivity index (χ1v) is 10.7. The largest absolute Gasteiger partial charge is 0.494 e. The van der Waals surface area contributed by atoms with Crippen molar-refractivity contribution in [1.82, 2.24) is 0 Å². The highest BCUT2D eigenvalue weighted by atomic mass is 19.1. The lowest BCUT2D eigenvalue weighted by atomic mass is 10.1. The summed E-state index contributed by atoms with van der Waals surface area (Å²) in [7, 11) is 0. The molecule has 0 amide bonds. The van der Waals surface area contributed by atoms with Gasteiger partial charge in [-0.05, 0) is 47.7 Å². The van der Waals surface area contributed by atoms with Crippen LogP contribution in [0.25, 0.3) is 11.1 Å². The Labute approximate surface area is 174 Å². The van der Waals surface area contributed by atoms with Gasteiger partial charge < -0.3 is 9.47 Å². The van der Waals surface area contributed by atoms with E-state index in [1.165, 1.54) is 32.1 Å². The third-order valence-corrected chi connectivity index (χ3v) is 4.84. The molecule has 0 N–H and O–H groups in total. The van der Waals surface area contributed by atoms with Crippen LogP contribution in [-0.4, -0.2) is 18.7 Å². The summed E-state index contributed by atoms with van der Waals surface area (Å²) in [6.07, 6.45) is 5.88. The van der Waals surface area contributed by atoms with E-state index in [2.05, 4.69) is 6.92 Å². The van der Waals surface area contributed by atoms with Gasteiger partial charge in [-0.15, -0.1) is 0 Å². The number of benzene rings is 2. The molecule has 158 valence electrons. The van der Waals surface area contributed by atoms with Crippen LogP contribution in [-0.2, 0) is 4.79 Å². The molecule has 0 spiro atoms. The Balaban J connectivity index is 1.81. The average Bonchev–Trinajstić information content (AvgIpc) is 2.73. The molecule has 2 rings (SSSR count). The Hall–Kier alpha value is -2.36. The predicted octanol–water partition coefficient (Wildman–Crippen LogP) is 6.99. The first kappa shape index (κ1) is 22.9. The summed E-state index contributed by atoms with van der Waals surface area (Å²) in [5, 5.41) is 0. The molecule has 29 heavy (non-hydrogen) atoms. The maximum atomic E-state index is 13.7. The lowest BCUT2D eigenvalue weighted by Gasteiger charge is -2.11. The minimum Gasteiger partial charge on any atom is -0.494 e. The highest BCUT2D eigenvalue weighted by Gasteiger charge is 2.23. The average molecular weight is 401 g/mol. The Kier molecular flexibility index (Phi) is 9.69. The maximum Gasteiger partial charge on any atom is 0.346 e. The summed E-state index contributed by atoms with van der Waals surface area (Å²) in [5.74, 6) is -0.0281. The van der Waals surface area contributed by atoms with Crippen LogP contribution in [0.1, 0.15) is 59.3 Å². The van der Waals surface area contributed by atoms with Crippen LogP contribution in [0.4, 0.5) is 4.39 Å². The van der Waals surface area contributed by atoms with Crippen molar-refractivity contribution < 1.29 is 18.7 Å². The zero-order chi connectivity index (χ0) is 21.1. The molecular formula is C25H33FO3. The number of hydrogen-bond donors (Lipinski definition) is 0. The third kappa shape index (κ3) is 7.88. The molecule has 0 saturated heterocycles. The van der Waals surface area contributed by atoms with Gasteiger partial charge in [0.2, 0.25) is 0 Å². The molecule has 0 saturated carbocycles. The van der Waals surface area contributed by atoms with Gasteiger partial charge in [0, 0.05) is 0 Å². The Morgan fingerprint density at radius 1 is 0.828 bits per heavy atom. The molecule has 0 aliphatic carbocycles. The molecule has 1 atom stereocenters. The summed E-state index contributed by atoms with van der Waals surface area (Å²) < 4.78 is 24.6. The molecular weight excluding hydrogens is 367 g/mol. The van der Waals surface area contributed by atoms with E-state index in [1.54, 1.807) is 26.0 Å². The zero-order valence-electron chi connectivity index (χ0n) is 17.8. The van der Waals surface area contributed by atoms with Gasteiger partial charge in [-0.3, -0.25) is 0 Å². The number of esters is 1.